The van der Waals surface area contributed by atoms with Crippen molar-refractivity contribution in [1.29, 1.82) is 0 Å². The normalized spacial score (nSPS) is 15.3. The first-order valence-corrected chi connectivity index (χ1v) is 13.3. The molecule has 0 aliphatic carbocycles. The lowest BCUT2D eigenvalue weighted by Crippen LogP contribution is -2.31. The monoisotopic (exact) mass is 498 g/mol. The van der Waals surface area contributed by atoms with Crippen molar-refractivity contribution >= 4 is 22.0 Å². The number of benzene rings is 1. The van der Waals surface area contributed by atoms with Crippen LogP contribution < -0.4 is 0 Å². The van der Waals surface area contributed by atoms with Crippen molar-refractivity contribution in [1.82, 2.24) is 19.4 Å². The minimum absolute atomic E-state index is 0.178. The van der Waals surface area contributed by atoms with Crippen molar-refractivity contribution in [3.05, 3.63) is 60.2 Å². The summed E-state index contributed by atoms with van der Waals surface area (Å²) in [6, 6.07) is 10.1. The van der Waals surface area contributed by atoms with Crippen LogP contribution in [0.5, 0.6) is 0 Å². The van der Waals surface area contributed by atoms with Gasteiger partial charge >= 0.3 is 0 Å². The van der Waals surface area contributed by atoms with E-state index >= 15 is 0 Å². The highest BCUT2D eigenvalue weighted by molar-refractivity contribution is 7.89. The van der Waals surface area contributed by atoms with E-state index in [0.717, 1.165) is 37.7 Å². The number of amides is 1. The fourth-order valence-electron chi connectivity index (χ4n) is 3.97. The van der Waals surface area contributed by atoms with Gasteiger partial charge in [0, 0.05) is 25.7 Å². The molecule has 1 saturated heterocycles. The molecule has 0 bridgehead atoms. The predicted molar refractivity (Wildman–Crippen MR) is 130 cm³/mol. The van der Waals surface area contributed by atoms with E-state index in [0.29, 0.717) is 31.3 Å². The van der Waals surface area contributed by atoms with E-state index in [1.807, 2.05) is 6.92 Å². The zero-order chi connectivity index (χ0) is 24.7. The Bertz CT molecular complexity index is 1230. The highest BCUT2D eigenvalue weighted by Crippen LogP contribution is 2.21. The summed E-state index contributed by atoms with van der Waals surface area (Å²) in [4.78, 5) is 14.7. The van der Waals surface area contributed by atoms with Crippen LogP contribution in [0.25, 0.3) is 17.7 Å². The number of hydrogen-bond donors (Lipinski definition) is 0. The molecule has 0 saturated carbocycles. The average molecular weight is 499 g/mol. The van der Waals surface area contributed by atoms with Crippen LogP contribution in [0.15, 0.2) is 62.5 Å². The van der Waals surface area contributed by atoms with E-state index in [2.05, 4.69) is 10.2 Å². The SMILES string of the molecule is CCCN(Cc1nnc(-c2ccco2)o1)C(=O)C=Cc1ccc(S(=O)(=O)N2CCCCCC2)cc1. The van der Waals surface area contributed by atoms with E-state index in [-0.39, 0.29) is 23.2 Å². The van der Waals surface area contributed by atoms with Crippen molar-refractivity contribution in [3.8, 4) is 11.7 Å². The molecule has 2 aromatic heterocycles. The van der Waals surface area contributed by atoms with Crippen LogP contribution in [0, 0.1) is 0 Å². The Labute approximate surface area is 205 Å². The minimum Gasteiger partial charge on any atom is -0.459 e. The summed E-state index contributed by atoms with van der Waals surface area (Å²) in [6.45, 7) is 3.81. The highest BCUT2D eigenvalue weighted by atomic mass is 32.2. The number of carbonyl (C=O) groups is 1. The van der Waals surface area contributed by atoms with Crippen LogP contribution in [0.2, 0.25) is 0 Å². The molecule has 1 aliphatic heterocycles. The summed E-state index contributed by atoms with van der Waals surface area (Å²) in [6.07, 6.45) is 9.35. The number of furan rings is 1. The quantitative estimate of drug-likeness (QED) is 0.404. The summed E-state index contributed by atoms with van der Waals surface area (Å²) in [7, 11) is -3.50. The second-order valence-corrected chi connectivity index (χ2v) is 10.4. The molecular weight excluding hydrogens is 468 g/mol. The molecule has 1 amide bonds. The summed E-state index contributed by atoms with van der Waals surface area (Å²) in [5.74, 6) is 0.846. The van der Waals surface area contributed by atoms with E-state index in [1.165, 1.54) is 12.3 Å². The van der Waals surface area contributed by atoms with Gasteiger partial charge in [0.15, 0.2) is 5.76 Å². The number of nitrogens with zero attached hydrogens (tertiary/aromatic N) is 4. The number of hydrogen-bond acceptors (Lipinski definition) is 7. The van der Waals surface area contributed by atoms with Crippen molar-refractivity contribution < 1.29 is 22.0 Å². The van der Waals surface area contributed by atoms with Gasteiger partial charge in [-0.2, -0.15) is 4.31 Å². The fraction of sp³-hybridized carbons (Fsp3) is 0.400. The van der Waals surface area contributed by atoms with Gasteiger partial charge in [0.1, 0.15) is 0 Å². The van der Waals surface area contributed by atoms with Gasteiger partial charge in [0.25, 0.3) is 5.89 Å². The molecule has 0 unspecified atom stereocenters. The van der Waals surface area contributed by atoms with Crippen molar-refractivity contribution in [2.24, 2.45) is 0 Å². The third-order valence-electron chi connectivity index (χ3n) is 5.83. The van der Waals surface area contributed by atoms with Crippen LogP contribution in [0.3, 0.4) is 0 Å². The molecule has 10 heteroatoms. The zero-order valence-electron chi connectivity index (χ0n) is 19.8. The Morgan fingerprint density at radius 2 is 1.83 bits per heavy atom. The van der Waals surface area contributed by atoms with E-state index in [4.69, 9.17) is 8.83 Å². The third kappa shape index (κ3) is 6.26. The molecular formula is C25H30N4O5S. The lowest BCUT2D eigenvalue weighted by atomic mass is 10.2. The van der Waals surface area contributed by atoms with Crippen LogP contribution >= 0.6 is 0 Å². The average Bonchev–Trinajstić information content (AvgIpc) is 3.48. The van der Waals surface area contributed by atoms with E-state index in [1.54, 1.807) is 51.7 Å². The molecule has 0 N–H and O–H groups in total. The molecule has 3 heterocycles. The first-order valence-electron chi connectivity index (χ1n) is 11.9. The largest absolute Gasteiger partial charge is 0.459 e. The number of aromatic nitrogens is 2. The van der Waals surface area contributed by atoms with Gasteiger partial charge in [0.2, 0.25) is 21.8 Å². The standard InChI is InChI=1S/C25H30N4O5S/c1-2-15-28(19-23-26-27-25(34-23)22-8-7-18-33-22)24(30)14-11-20-9-12-21(13-10-20)35(31,32)29-16-5-3-4-6-17-29/h7-14,18H,2-6,15-17,19H2,1H3. The first-order chi connectivity index (χ1) is 17.0. The van der Waals surface area contributed by atoms with Crippen molar-refractivity contribution in [3.63, 3.8) is 0 Å². The predicted octanol–water partition coefficient (Wildman–Crippen LogP) is 4.35. The van der Waals surface area contributed by atoms with Gasteiger partial charge in [-0.3, -0.25) is 4.79 Å². The summed E-state index contributed by atoms with van der Waals surface area (Å²) < 4.78 is 38.4. The second-order valence-electron chi connectivity index (χ2n) is 8.46. The molecule has 1 aromatic carbocycles. The lowest BCUT2D eigenvalue weighted by molar-refractivity contribution is -0.126. The molecule has 0 radical (unpaired) electrons. The highest BCUT2D eigenvalue weighted by Gasteiger charge is 2.25. The van der Waals surface area contributed by atoms with Gasteiger partial charge in [-0.15, -0.1) is 10.2 Å². The number of rotatable bonds is 9. The van der Waals surface area contributed by atoms with Crippen LogP contribution in [-0.2, 0) is 21.4 Å². The van der Waals surface area contributed by atoms with Crippen LogP contribution in [0.1, 0.15) is 50.5 Å². The number of sulfonamides is 1. The maximum atomic E-state index is 13.0. The molecule has 35 heavy (non-hydrogen) atoms. The maximum absolute atomic E-state index is 13.0. The Balaban J connectivity index is 1.40. The van der Waals surface area contributed by atoms with Gasteiger partial charge in [-0.05, 0) is 55.2 Å². The maximum Gasteiger partial charge on any atom is 0.283 e. The van der Waals surface area contributed by atoms with Crippen molar-refractivity contribution in [2.45, 2.75) is 50.5 Å². The fourth-order valence-corrected chi connectivity index (χ4v) is 5.49. The Morgan fingerprint density at radius 3 is 2.49 bits per heavy atom. The topological polar surface area (TPSA) is 110 Å². The Hall–Kier alpha value is -3.24. The van der Waals surface area contributed by atoms with Gasteiger partial charge in [-0.25, -0.2) is 8.42 Å². The van der Waals surface area contributed by atoms with Gasteiger partial charge in [-0.1, -0.05) is 31.9 Å². The second kappa shape index (κ2) is 11.5. The van der Waals surface area contributed by atoms with E-state index < -0.39 is 10.0 Å². The first kappa shape index (κ1) is 24.9. The summed E-state index contributed by atoms with van der Waals surface area (Å²) >= 11 is 0. The zero-order valence-corrected chi connectivity index (χ0v) is 20.6. The smallest absolute Gasteiger partial charge is 0.283 e. The molecule has 1 fully saturated rings. The van der Waals surface area contributed by atoms with Crippen LogP contribution in [-0.4, -0.2) is 53.4 Å². The Morgan fingerprint density at radius 1 is 1.09 bits per heavy atom. The third-order valence-corrected chi connectivity index (χ3v) is 7.74. The molecule has 0 atom stereocenters. The minimum atomic E-state index is -3.50. The molecule has 9 nitrogen and oxygen atoms in total. The van der Waals surface area contributed by atoms with Crippen LogP contribution in [0.4, 0.5) is 0 Å². The summed E-state index contributed by atoms with van der Waals surface area (Å²) in [5.41, 5.74) is 0.738. The van der Waals surface area contributed by atoms with Crippen molar-refractivity contribution in [2.75, 3.05) is 19.6 Å². The molecule has 0 spiro atoms. The Kier molecular flexibility index (Phi) is 8.14. The molecule has 4 rings (SSSR count). The molecule has 1 aliphatic rings. The van der Waals surface area contributed by atoms with E-state index in [9.17, 15) is 13.2 Å². The molecule has 186 valence electrons. The van der Waals surface area contributed by atoms with Gasteiger partial charge < -0.3 is 13.7 Å². The number of carbonyl (C=O) groups excluding carboxylic acids is 1. The van der Waals surface area contributed by atoms with Gasteiger partial charge in [0.05, 0.1) is 17.7 Å². The summed E-state index contributed by atoms with van der Waals surface area (Å²) in [5, 5.41) is 7.99. The molecule has 3 aromatic rings. The lowest BCUT2D eigenvalue weighted by Gasteiger charge is -2.20.